The molecule has 6 nitrogen and oxygen atoms in total. The lowest BCUT2D eigenvalue weighted by atomic mass is 10.1. The summed E-state index contributed by atoms with van der Waals surface area (Å²) in [6.07, 6.45) is 1.42. The molecule has 0 radical (unpaired) electrons. The van der Waals surface area contributed by atoms with E-state index < -0.39 is 18.1 Å². The highest BCUT2D eigenvalue weighted by Gasteiger charge is 2.17. The monoisotopic (exact) mass is 288 g/mol. The minimum Gasteiger partial charge on any atom is -0.454 e. The zero-order valence-electron chi connectivity index (χ0n) is 12.1. The van der Waals surface area contributed by atoms with Gasteiger partial charge in [-0.15, -0.1) is 0 Å². The molecule has 21 heavy (non-hydrogen) atoms. The Morgan fingerprint density at radius 2 is 2.00 bits per heavy atom. The Bertz CT molecular complexity index is 755. The number of ketones is 1. The van der Waals surface area contributed by atoms with E-state index in [9.17, 15) is 14.4 Å². The largest absolute Gasteiger partial charge is 0.454 e. The number of nitrogens with zero attached hydrogens (tertiary/aromatic N) is 1. The summed E-state index contributed by atoms with van der Waals surface area (Å²) in [5, 5.41) is 0. The van der Waals surface area contributed by atoms with E-state index in [1.54, 1.807) is 6.07 Å². The van der Waals surface area contributed by atoms with Gasteiger partial charge in [0.05, 0.1) is 0 Å². The minimum atomic E-state index is -0.810. The van der Waals surface area contributed by atoms with Gasteiger partial charge < -0.3 is 14.3 Å². The Kier molecular flexibility index (Phi) is 4.07. The van der Waals surface area contributed by atoms with Crippen molar-refractivity contribution in [1.82, 2.24) is 9.55 Å². The third-order valence-corrected chi connectivity index (χ3v) is 3.45. The van der Waals surface area contributed by atoms with Crippen molar-refractivity contribution in [2.24, 2.45) is 7.05 Å². The summed E-state index contributed by atoms with van der Waals surface area (Å²) in [7, 11) is 1.86. The topological polar surface area (TPSA) is 81.2 Å². The van der Waals surface area contributed by atoms with Crippen molar-refractivity contribution in [3.63, 3.8) is 0 Å². The lowest BCUT2D eigenvalue weighted by Crippen LogP contribution is -2.21. The van der Waals surface area contributed by atoms with Gasteiger partial charge in [0.2, 0.25) is 5.78 Å². The normalized spacial score (nSPS) is 10.4. The van der Waals surface area contributed by atoms with Gasteiger partial charge in [-0.3, -0.25) is 9.59 Å². The van der Waals surface area contributed by atoms with Crippen molar-refractivity contribution < 1.29 is 14.3 Å². The second-order valence-corrected chi connectivity index (χ2v) is 4.76. The zero-order chi connectivity index (χ0) is 15.6. The molecule has 2 rings (SSSR count). The van der Waals surface area contributed by atoms with Crippen LogP contribution in [0.2, 0.25) is 0 Å². The lowest BCUT2D eigenvalue weighted by molar-refractivity contribution is 0.0472. The molecular formula is C15H16N2O4. The standard InChI is InChI=1S/C15H16N2O4/c1-9-7-12(10(2)17(9)3)13(18)8-21-15(20)11-5-4-6-16-14(11)19/h4-7H,8H2,1-3H3,(H,16,19). The Morgan fingerprint density at radius 3 is 2.57 bits per heavy atom. The molecule has 0 aromatic carbocycles. The summed E-state index contributed by atoms with van der Waals surface area (Å²) < 4.78 is 6.80. The maximum Gasteiger partial charge on any atom is 0.344 e. The summed E-state index contributed by atoms with van der Waals surface area (Å²) in [4.78, 5) is 37.6. The van der Waals surface area contributed by atoms with Gasteiger partial charge in [-0.1, -0.05) is 0 Å². The van der Waals surface area contributed by atoms with Crippen molar-refractivity contribution in [1.29, 1.82) is 0 Å². The van der Waals surface area contributed by atoms with Crippen molar-refractivity contribution in [2.75, 3.05) is 6.61 Å². The Morgan fingerprint density at radius 1 is 1.29 bits per heavy atom. The molecule has 0 aliphatic carbocycles. The van der Waals surface area contributed by atoms with E-state index in [4.69, 9.17) is 4.74 Å². The van der Waals surface area contributed by atoms with E-state index in [1.807, 2.05) is 25.5 Å². The third-order valence-electron chi connectivity index (χ3n) is 3.45. The molecule has 0 saturated carbocycles. The van der Waals surface area contributed by atoms with Gasteiger partial charge in [-0.25, -0.2) is 4.79 Å². The number of carbonyl (C=O) groups is 2. The first-order chi connectivity index (χ1) is 9.91. The number of aromatic nitrogens is 2. The van der Waals surface area contributed by atoms with Crippen molar-refractivity contribution in [2.45, 2.75) is 13.8 Å². The van der Waals surface area contributed by atoms with Crippen LogP contribution in [-0.2, 0) is 11.8 Å². The summed E-state index contributed by atoms with van der Waals surface area (Å²) in [6, 6.07) is 4.62. The maximum atomic E-state index is 12.1. The number of ether oxygens (including phenoxy) is 1. The number of Topliss-reactive ketones (excluding diaryl/α,β-unsaturated/α-hetero) is 1. The van der Waals surface area contributed by atoms with Gasteiger partial charge in [0, 0.05) is 30.2 Å². The Labute approximate surface area is 121 Å². The minimum absolute atomic E-state index is 0.119. The van der Waals surface area contributed by atoms with Gasteiger partial charge in [-0.05, 0) is 32.0 Å². The van der Waals surface area contributed by atoms with Crippen LogP contribution >= 0.6 is 0 Å². The predicted molar refractivity (Wildman–Crippen MR) is 76.6 cm³/mol. The van der Waals surface area contributed by atoms with Crippen LogP contribution in [0.15, 0.2) is 29.2 Å². The molecular weight excluding hydrogens is 272 g/mol. The molecule has 0 atom stereocenters. The first kappa shape index (κ1) is 14.8. The van der Waals surface area contributed by atoms with Gasteiger partial charge in [0.1, 0.15) is 5.56 Å². The van der Waals surface area contributed by atoms with Crippen LogP contribution in [0.3, 0.4) is 0 Å². The van der Waals surface area contributed by atoms with E-state index in [1.165, 1.54) is 18.3 Å². The molecule has 6 heteroatoms. The fourth-order valence-corrected chi connectivity index (χ4v) is 2.01. The number of carbonyl (C=O) groups excluding carboxylic acids is 2. The number of esters is 1. The fourth-order valence-electron chi connectivity index (χ4n) is 2.01. The molecule has 110 valence electrons. The van der Waals surface area contributed by atoms with E-state index in [-0.39, 0.29) is 11.3 Å². The molecule has 2 aromatic heterocycles. The van der Waals surface area contributed by atoms with Crippen LogP contribution in [0.4, 0.5) is 0 Å². The number of aromatic amines is 1. The maximum absolute atomic E-state index is 12.1. The van der Waals surface area contributed by atoms with E-state index >= 15 is 0 Å². The van der Waals surface area contributed by atoms with Gasteiger partial charge in [0.25, 0.3) is 5.56 Å². The average Bonchev–Trinajstić information content (AvgIpc) is 2.72. The number of nitrogens with one attached hydrogen (secondary N) is 1. The summed E-state index contributed by atoms with van der Waals surface area (Å²) in [5.41, 5.74) is 1.62. The quantitative estimate of drug-likeness (QED) is 0.680. The number of hydrogen-bond acceptors (Lipinski definition) is 4. The smallest absolute Gasteiger partial charge is 0.344 e. The molecule has 0 spiro atoms. The zero-order valence-corrected chi connectivity index (χ0v) is 12.1. The van der Waals surface area contributed by atoms with Crippen LogP contribution in [0.5, 0.6) is 0 Å². The molecule has 2 heterocycles. The van der Waals surface area contributed by atoms with Crippen LogP contribution in [0.1, 0.15) is 32.1 Å². The van der Waals surface area contributed by atoms with Gasteiger partial charge in [-0.2, -0.15) is 0 Å². The van der Waals surface area contributed by atoms with Gasteiger partial charge in [0.15, 0.2) is 6.61 Å². The van der Waals surface area contributed by atoms with E-state index in [0.717, 1.165) is 11.4 Å². The fraction of sp³-hybridized carbons (Fsp3) is 0.267. The molecule has 0 unspecified atom stereocenters. The number of H-pyrrole nitrogens is 1. The molecule has 1 N–H and O–H groups in total. The highest BCUT2D eigenvalue weighted by molar-refractivity contribution is 6.00. The lowest BCUT2D eigenvalue weighted by Gasteiger charge is -2.04. The van der Waals surface area contributed by atoms with Crippen LogP contribution in [-0.4, -0.2) is 27.9 Å². The summed E-state index contributed by atoms with van der Waals surface area (Å²) in [5.74, 6) is -1.10. The first-order valence-corrected chi connectivity index (χ1v) is 6.42. The molecule has 0 aliphatic rings. The van der Waals surface area contributed by atoms with Crippen molar-refractivity contribution in [3.8, 4) is 0 Å². The Hall–Kier alpha value is -2.63. The van der Waals surface area contributed by atoms with Crippen LogP contribution < -0.4 is 5.56 Å². The third kappa shape index (κ3) is 2.94. The SMILES string of the molecule is Cc1cc(C(=O)COC(=O)c2ccc[nH]c2=O)c(C)n1C. The van der Waals surface area contributed by atoms with Crippen molar-refractivity contribution in [3.05, 3.63) is 57.3 Å². The summed E-state index contributed by atoms with van der Waals surface area (Å²) in [6.45, 7) is 3.32. The molecule has 0 aliphatic heterocycles. The highest BCUT2D eigenvalue weighted by Crippen LogP contribution is 2.14. The van der Waals surface area contributed by atoms with Crippen LogP contribution in [0.25, 0.3) is 0 Å². The van der Waals surface area contributed by atoms with E-state index in [2.05, 4.69) is 4.98 Å². The molecule has 2 aromatic rings. The second-order valence-electron chi connectivity index (χ2n) is 4.76. The number of hydrogen-bond donors (Lipinski definition) is 1. The molecule has 0 amide bonds. The molecule has 0 saturated heterocycles. The second kappa shape index (κ2) is 5.78. The molecule has 0 bridgehead atoms. The first-order valence-electron chi connectivity index (χ1n) is 6.42. The predicted octanol–water partition coefficient (Wildman–Crippen LogP) is 1.37. The highest BCUT2D eigenvalue weighted by atomic mass is 16.5. The molecule has 0 fully saturated rings. The average molecular weight is 288 g/mol. The van der Waals surface area contributed by atoms with Crippen molar-refractivity contribution >= 4 is 11.8 Å². The van der Waals surface area contributed by atoms with Gasteiger partial charge >= 0.3 is 5.97 Å². The number of pyridine rings is 1. The Balaban J connectivity index is 2.08. The number of rotatable bonds is 4. The summed E-state index contributed by atoms with van der Waals surface area (Å²) >= 11 is 0. The van der Waals surface area contributed by atoms with Crippen LogP contribution in [0, 0.1) is 13.8 Å². The number of aryl methyl sites for hydroxylation is 1. The van der Waals surface area contributed by atoms with E-state index in [0.29, 0.717) is 5.56 Å².